The summed E-state index contributed by atoms with van der Waals surface area (Å²) in [7, 11) is -3.42. The average molecular weight is 310 g/mol. The molecule has 0 radical (unpaired) electrons. The molecule has 0 heterocycles. The van der Waals surface area contributed by atoms with Gasteiger partial charge in [0, 0.05) is 13.6 Å². The molecule has 1 aromatic carbocycles. The van der Waals surface area contributed by atoms with Gasteiger partial charge in [-0.15, -0.1) is 0 Å². The highest BCUT2D eigenvalue weighted by molar-refractivity contribution is 7.89. The Kier molecular flexibility index (Phi) is 4.73. The van der Waals surface area contributed by atoms with Gasteiger partial charge in [0.2, 0.25) is 10.0 Å². The standard InChI is InChI=1S/C11H10F4N2O2S/c1-17(6-5-11(13,14)15)20(18,19)10-4-2-3-9(12)8(10)7-16/h2-4H,5-6H2,1H3. The van der Waals surface area contributed by atoms with Crippen LogP contribution in [-0.2, 0) is 10.0 Å². The molecular formula is C11H10F4N2O2S. The maximum absolute atomic E-state index is 13.3. The molecule has 0 spiro atoms. The number of alkyl halides is 3. The lowest BCUT2D eigenvalue weighted by molar-refractivity contribution is -0.135. The van der Waals surface area contributed by atoms with Gasteiger partial charge in [-0.3, -0.25) is 0 Å². The fraction of sp³-hybridized carbons (Fsp3) is 0.364. The van der Waals surface area contributed by atoms with E-state index in [1.54, 1.807) is 0 Å². The van der Waals surface area contributed by atoms with Crippen molar-refractivity contribution in [2.75, 3.05) is 13.6 Å². The van der Waals surface area contributed by atoms with Crippen molar-refractivity contribution in [1.29, 1.82) is 5.26 Å². The fourth-order valence-electron chi connectivity index (χ4n) is 1.40. The minimum atomic E-state index is -4.51. The summed E-state index contributed by atoms with van der Waals surface area (Å²) in [6.07, 6.45) is -5.84. The van der Waals surface area contributed by atoms with E-state index in [1.807, 2.05) is 0 Å². The summed E-state index contributed by atoms with van der Waals surface area (Å²) >= 11 is 0. The number of sulfonamides is 1. The molecule has 0 amide bonds. The molecule has 0 fully saturated rings. The lowest BCUT2D eigenvalue weighted by Gasteiger charge is -2.18. The third-order valence-electron chi connectivity index (χ3n) is 2.49. The van der Waals surface area contributed by atoms with E-state index >= 15 is 0 Å². The van der Waals surface area contributed by atoms with E-state index in [1.165, 1.54) is 6.07 Å². The first kappa shape index (κ1) is 16.4. The zero-order valence-corrected chi connectivity index (χ0v) is 11.1. The monoisotopic (exact) mass is 310 g/mol. The molecule has 0 N–H and O–H groups in total. The van der Waals surface area contributed by atoms with Crippen LogP contribution in [0, 0.1) is 17.1 Å². The van der Waals surface area contributed by atoms with Gasteiger partial charge < -0.3 is 0 Å². The molecule has 1 aromatic rings. The SMILES string of the molecule is CN(CCC(F)(F)F)S(=O)(=O)c1cccc(F)c1C#N. The second kappa shape index (κ2) is 5.76. The maximum Gasteiger partial charge on any atom is 0.390 e. The van der Waals surface area contributed by atoms with Gasteiger partial charge in [0.1, 0.15) is 22.3 Å². The van der Waals surface area contributed by atoms with Crippen molar-refractivity contribution in [2.45, 2.75) is 17.5 Å². The Morgan fingerprint density at radius 3 is 2.45 bits per heavy atom. The van der Waals surface area contributed by atoms with E-state index in [2.05, 4.69) is 0 Å². The van der Waals surface area contributed by atoms with Gasteiger partial charge >= 0.3 is 6.18 Å². The van der Waals surface area contributed by atoms with E-state index in [0.717, 1.165) is 25.2 Å². The smallest absolute Gasteiger partial charge is 0.207 e. The number of halogens is 4. The molecule has 0 aliphatic rings. The van der Waals surface area contributed by atoms with Crippen molar-refractivity contribution in [3.8, 4) is 6.07 Å². The first-order valence-electron chi connectivity index (χ1n) is 5.31. The van der Waals surface area contributed by atoms with Crippen LogP contribution in [0.15, 0.2) is 23.1 Å². The lowest BCUT2D eigenvalue weighted by Crippen LogP contribution is -2.31. The highest BCUT2D eigenvalue weighted by atomic mass is 32.2. The van der Waals surface area contributed by atoms with Crippen molar-refractivity contribution in [2.24, 2.45) is 0 Å². The second-order valence-electron chi connectivity index (χ2n) is 3.92. The molecule has 0 aliphatic carbocycles. The van der Waals surface area contributed by atoms with Crippen molar-refractivity contribution in [3.05, 3.63) is 29.6 Å². The molecule has 0 saturated carbocycles. The number of benzene rings is 1. The van der Waals surface area contributed by atoms with Crippen molar-refractivity contribution < 1.29 is 26.0 Å². The minimum absolute atomic E-state index is 0.441. The summed E-state index contributed by atoms with van der Waals surface area (Å²) in [5.41, 5.74) is -0.716. The third kappa shape index (κ3) is 3.68. The predicted molar refractivity (Wildman–Crippen MR) is 61.6 cm³/mol. The predicted octanol–water partition coefficient (Wildman–Crippen LogP) is 2.27. The van der Waals surface area contributed by atoms with Crippen LogP contribution in [-0.4, -0.2) is 32.5 Å². The van der Waals surface area contributed by atoms with Crippen LogP contribution in [0.4, 0.5) is 17.6 Å². The Hall–Kier alpha value is -1.66. The molecule has 0 atom stereocenters. The molecule has 0 aromatic heterocycles. The highest BCUT2D eigenvalue weighted by Gasteiger charge is 2.31. The lowest BCUT2D eigenvalue weighted by atomic mass is 10.2. The van der Waals surface area contributed by atoms with Crippen LogP contribution in [0.2, 0.25) is 0 Å². The Bertz CT molecular complexity index is 635. The largest absolute Gasteiger partial charge is 0.390 e. The normalized spacial score (nSPS) is 12.4. The second-order valence-corrected chi connectivity index (χ2v) is 5.93. The summed E-state index contributed by atoms with van der Waals surface area (Å²) in [5.74, 6) is -1.04. The zero-order chi connectivity index (χ0) is 15.6. The number of nitrogens with zero attached hydrogens (tertiary/aromatic N) is 2. The molecule has 0 unspecified atom stereocenters. The minimum Gasteiger partial charge on any atom is -0.207 e. The molecule has 20 heavy (non-hydrogen) atoms. The van der Waals surface area contributed by atoms with E-state index in [0.29, 0.717) is 4.31 Å². The van der Waals surface area contributed by atoms with Gasteiger partial charge in [-0.05, 0) is 12.1 Å². The number of hydrogen-bond acceptors (Lipinski definition) is 3. The van der Waals surface area contributed by atoms with Gasteiger partial charge in [0.15, 0.2) is 0 Å². The van der Waals surface area contributed by atoms with Crippen LogP contribution >= 0.6 is 0 Å². The summed E-state index contributed by atoms with van der Waals surface area (Å²) in [6, 6.07) is 4.33. The van der Waals surface area contributed by atoms with Crippen LogP contribution in [0.5, 0.6) is 0 Å². The summed E-state index contributed by atoms with van der Waals surface area (Å²) in [5, 5.41) is 8.75. The number of nitriles is 1. The van der Waals surface area contributed by atoms with E-state index in [9.17, 15) is 26.0 Å². The average Bonchev–Trinajstić information content (AvgIpc) is 2.34. The summed E-state index contributed by atoms with van der Waals surface area (Å²) < 4.78 is 74.1. The molecular weight excluding hydrogens is 300 g/mol. The number of hydrogen-bond donors (Lipinski definition) is 0. The molecule has 1 rings (SSSR count). The number of rotatable bonds is 4. The van der Waals surface area contributed by atoms with Gasteiger partial charge in [-0.2, -0.15) is 18.4 Å². The summed E-state index contributed by atoms with van der Waals surface area (Å²) in [6.45, 7) is -0.812. The maximum atomic E-state index is 13.3. The molecule has 0 bridgehead atoms. The fourth-order valence-corrected chi connectivity index (χ4v) is 2.72. The highest BCUT2D eigenvalue weighted by Crippen LogP contribution is 2.24. The van der Waals surface area contributed by atoms with Crippen LogP contribution < -0.4 is 0 Å². The molecule has 9 heteroatoms. The van der Waals surface area contributed by atoms with Crippen LogP contribution in [0.1, 0.15) is 12.0 Å². The summed E-state index contributed by atoms with van der Waals surface area (Å²) in [4.78, 5) is -0.648. The van der Waals surface area contributed by atoms with Gasteiger partial charge in [0.25, 0.3) is 0 Å². The van der Waals surface area contributed by atoms with Gasteiger partial charge in [-0.1, -0.05) is 6.07 Å². The molecule has 110 valence electrons. The Balaban J connectivity index is 3.12. The first-order chi connectivity index (χ1) is 9.09. The quantitative estimate of drug-likeness (QED) is 0.802. The van der Waals surface area contributed by atoms with Gasteiger partial charge in [-0.25, -0.2) is 17.1 Å². The molecule has 4 nitrogen and oxygen atoms in total. The van der Waals surface area contributed by atoms with Crippen molar-refractivity contribution >= 4 is 10.0 Å². The molecule has 0 aliphatic heterocycles. The van der Waals surface area contributed by atoms with Crippen LogP contribution in [0.3, 0.4) is 0 Å². The van der Waals surface area contributed by atoms with Crippen molar-refractivity contribution in [1.82, 2.24) is 4.31 Å². The third-order valence-corrected chi connectivity index (χ3v) is 4.38. The Morgan fingerprint density at radius 1 is 1.35 bits per heavy atom. The first-order valence-corrected chi connectivity index (χ1v) is 6.75. The molecule has 0 saturated heterocycles. The Morgan fingerprint density at radius 2 is 1.95 bits per heavy atom. The van der Waals surface area contributed by atoms with E-state index < -0.39 is 45.4 Å². The topological polar surface area (TPSA) is 61.2 Å². The van der Waals surface area contributed by atoms with Gasteiger partial charge in [0.05, 0.1) is 6.42 Å². The Labute approximate surface area is 113 Å². The zero-order valence-electron chi connectivity index (χ0n) is 10.3. The van der Waals surface area contributed by atoms with E-state index in [4.69, 9.17) is 5.26 Å². The van der Waals surface area contributed by atoms with Crippen LogP contribution in [0.25, 0.3) is 0 Å². The van der Waals surface area contributed by atoms with Crippen molar-refractivity contribution in [3.63, 3.8) is 0 Å². The van der Waals surface area contributed by atoms with E-state index in [-0.39, 0.29) is 0 Å².